The second-order valence-corrected chi connectivity index (χ2v) is 5.81. The van der Waals surface area contributed by atoms with Gasteiger partial charge in [0.15, 0.2) is 8.48 Å². The van der Waals surface area contributed by atoms with Crippen LogP contribution in [0.2, 0.25) is 0 Å². The van der Waals surface area contributed by atoms with Crippen molar-refractivity contribution in [2.45, 2.75) is 6.36 Å². The van der Waals surface area contributed by atoms with Gasteiger partial charge in [-0.25, -0.2) is 8.42 Å². The van der Waals surface area contributed by atoms with Crippen LogP contribution in [0.25, 0.3) is 0 Å². The Bertz CT molecular complexity index is 180. The predicted octanol–water partition coefficient (Wildman–Crippen LogP) is -0.599. The van der Waals surface area contributed by atoms with Crippen molar-refractivity contribution >= 4 is 23.6 Å². The van der Waals surface area contributed by atoms with E-state index >= 15 is 0 Å². The minimum atomic E-state index is -5.07. The van der Waals surface area contributed by atoms with E-state index in [2.05, 4.69) is 4.18 Å². The smallest absolute Gasteiger partial charge is 0.226 e. The molecule has 54 valence electrons. The summed E-state index contributed by atoms with van der Waals surface area (Å²) in [4.78, 5) is 0. The maximum Gasteiger partial charge on any atom is 0.535 e. The third kappa shape index (κ3) is 8.23. The molecule has 0 aliphatic rings. The van der Waals surface area contributed by atoms with Crippen LogP contribution in [0.15, 0.2) is 0 Å². The number of rotatable bonds is 1. The molecular formula is CH2AlF3O3S. The molecule has 0 heterocycles. The van der Waals surface area contributed by atoms with E-state index in [1.165, 1.54) is 0 Å². The van der Waals surface area contributed by atoms with E-state index in [9.17, 15) is 21.6 Å². The molecule has 0 rings (SSSR count). The molecule has 8 heteroatoms. The zero-order valence-corrected chi connectivity index (χ0v) is 7.08. The molecule has 0 aromatic heterocycles. The van der Waals surface area contributed by atoms with E-state index in [-0.39, 0.29) is 0 Å². The van der Waals surface area contributed by atoms with Crippen molar-refractivity contribution in [2.75, 3.05) is 0 Å². The second kappa shape index (κ2) is 2.46. The first kappa shape index (κ1) is 9.23. The zero-order valence-electron chi connectivity index (χ0n) is 4.27. The summed E-state index contributed by atoms with van der Waals surface area (Å²) in [6, 6.07) is 0. The van der Waals surface area contributed by atoms with E-state index in [0.29, 0.717) is 0 Å². The van der Waals surface area contributed by atoms with Gasteiger partial charge in [0.25, 0.3) is 0 Å². The van der Waals surface area contributed by atoms with Gasteiger partial charge in [-0.15, -0.1) is 13.2 Å². The molecular weight excluding hydrogens is 176 g/mol. The standard InChI is InChI=1S/CF3O3S.Al.2H/c2-1(3,4)7-8(5)6;;;. The first-order valence-electron chi connectivity index (χ1n) is 1.68. The highest BCUT2D eigenvalue weighted by atomic mass is 32.4. The monoisotopic (exact) mass is 178 g/mol. The lowest BCUT2D eigenvalue weighted by Crippen LogP contribution is -2.19. The van der Waals surface area contributed by atoms with Gasteiger partial charge in [0, 0.05) is 0 Å². The molecule has 0 saturated carbocycles. The quantitative estimate of drug-likeness (QED) is 0.503. The van der Waals surface area contributed by atoms with Crippen LogP contribution >= 0.6 is 0 Å². The maximum atomic E-state index is 11.0. The topological polar surface area (TPSA) is 43.4 Å². The lowest BCUT2D eigenvalue weighted by Gasteiger charge is -2.03. The molecule has 0 aliphatic heterocycles. The van der Waals surface area contributed by atoms with Gasteiger partial charge in [-0.1, -0.05) is 0 Å². The summed E-state index contributed by atoms with van der Waals surface area (Å²) >= 11 is -0.661. The SMILES string of the molecule is O=[S](=O)([AlH2])OC(F)(F)F. The average molecular weight is 178 g/mol. The fourth-order valence-electron chi connectivity index (χ4n) is 0.172. The molecule has 0 unspecified atom stereocenters. The fourth-order valence-corrected chi connectivity index (χ4v) is 1.08. The first-order chi connectivity index (χ1) is 3.71. The van der Waals surface area contributed by atoms with E-state index in [1.54, 1.807) is 0 Å². The molecule has 0 aromatic rings. The maximum absolute atomic E-state index is 11.0. The van der Waals surface area contributed by atoms with Crippen LogP contribution in [0.4, 0.5) is 13.2 Å². The average Bonchev–Trinajstić information content (AvgIpc) is 1.14. The number of alkyl halides is 3. The van der Waals surface area contributed by atoms with Gasteiger partial charge < -0.3 is 0 Å². The van der Waals surface area contributed by atoms with Gasteiger partial charge in [0.05, 0.1) is 0 Å². The Kier molecular flexibility index (Phi) is 2.52. The summed E-state index contributed by atoms with van der Waals surface area (Å²) in [6.07, 6.45) is -5.07. The van der Waals surface area contributed by atoms with Crippen molar-refractivity contribution in [3.05, 3.63) is 0 Å². The van der Waals surface area contributed by atoms with Crippen LogP contribution in [0.5, 0.6) is 0 Å². The molecule has 0 aromatic carbocycles. The molecule has 0 atom stereocenters. The van der Waals surface area contributed by atoms with Crippen molar-refractivity contribution in [3.63, 3.8) is 0 Å². The highest BCUT2D eigenvalue weighted by Crippen LogP contribution is 2.17. The highest BCUT2D eigenvalue weighted by molar-refractivity contribution is 8.08. The first-order valence-corrected chi connectivity index (χ1v) is 5.95. The minimum Gasteiger partial charge on any atom is -0.226 e. The van der Waals surface area contributed by atoms with Crippen LogP contribution in [0, 0.1) is 0 Å². The van der Waals surface area contributed by atoms with Crippen LogP contribution in [0.1, 0.15) is 0 Å². The molecule has 0 radical (unpaired) electrons. The number of hydrogen-bond donors (Lipinski definition) is 0. The van der Waals surface area contributed by atoms with E-state index < -0.39 is 30.0 Å². The van der Waals surface area contributed by atoms with Gasteiger partial charge in [-0.3, -0.25) is 0 Å². The summed E-state index contributed by atoms with van der Waals surface area (Å²) in [5.41, 5.74) is 0. The Morgan fingerprint density at radius 2 is 1.67 bits per heavy atom. The molecule has 0 aliphatic carbocycles. The number of halogens is 3. The van der Waals surface area contributed by atoms with Crippen molar-refractivity contribution in [1.82, 2.24) is 0 Å². The molecule has 3 nitrogen and oxygen atoms in total. The Morgan fingerprint density at radius 1 is 1.33 bits per heavy atom. The van der Waals surface area contributed by atoms with Crippen LogP contribution in [-0.2, 0) is 12.7 Å². The molecule has 0 fully saturated rings. The van der Waals surface area contributed by atoms with Gasteiger partial charge in [0.2, 0.25) is 0 Å². The third-order valence-electron chi connectivity index (χ3n) is 0.246. The molecule has 0 amide bonds. The molecule has 0 N–H and O–H groups in total. The molecule has 0 saturated heterocycles. The van der Waals surface area contributed by atoms with Crippen LogP contribution in [-0.4, -0.2) is 29.9 Å². The Hall–Kier alpha value is 0.232. The zero-order chi connectivity index (χ0) is 7.71. The molecule has 0 bridgehead atoms. The van der Waals surface area contributed by atoms with Crippen molar-refractivity contribution in [3.8, 4) is 0 Å². The third-order valence-corrected chi connectivity index (χ3v) is 1.24. The molecule has 0 spiro atoms. The lowest BCUT2D eigenvalue weighted by atomic mass is 11.4. The van der Waals surface area contributed by atoms with Crippen LogP contribution < -0.4 is 0 Å². The Labute approximate surface area is 56.4 Å². The lowest BCUT2D eigenvalue weighted by molar-refractivity contribution is -0.270. The summed E-state index contributed by atoms with van der Waals surface area (Å²) in [6.45, 7) is 0. The summed E-state index contributed by atoms with van der Waals surface area (Å²) in [5, 5.41) is 0. The summed E-state index contributed by atoms with van der Waals surface area (Å²) < 4.78 is 55.1. The highest BCUT2D eigenvalue weighted by Gasteiger charge is 2.33. The van der Waals surface area contributed by atoms with Gasteiger partial charge >= 0.3 is 21.5 Å². The fraction of sp³-hybridized carbons (Fsp3) is 1.00. The summed E-state index contributed by atoms with van der Waals surface area (Å²) in [5.74, 6) is 0. The van der Waals surface area contributed by atoms with E-state index in [1.807, 2.05) is 0 Å². The summed E-state index contributed by atoms with van der Waals surface area (Å²) in [7, 11) is -4.27. The van der Waals surface area contributed by atoms with Gasteiger partial charge in [0.1, 0.15) is 0 Å². The normalized spacial score (nSPS) is 13.7. The van der Waals surface area contributed by atoms with Crippen molar-refractivity contribution in [2.24, 2.45) is 0 Å². The largest absolute Gasteiger partial charge is 0.535 e. The van der Waals surface area contributed by atoms with Gasteiger partial charge in [-0.05, 0) is 0 Å². The molecule has 9 heavy (non-hydrogen) atoms. The predicted molar refractivity (Wildman–Crippen MR) is 24.6 cm³/mol. The van der Waals surface area contributed by atoms with Crippen molar-refractivity contribution < 1.29 is 25.8 Å². The minimum absolute atomic E-state index is 0.661. The number of hydrogen-bond acceptors (Lipinski definition) is 3. The van der Waals surface area contributed by atoms with Gasteiger partial charge in [-0.2, -0.15) is 4.18 Å². The van der Waals surface area contributed by atoms with E-state index in [0.717, 1.165) is 0 Å². The Morgan fingerprint density at radius 3 is 1.67 bits per heavy atom. The van der Waals surface area contributed by atoms with Crippen molar-refractivity contribution in [1.29, 1.82) is 0 Å². The second-order valence-electron chi connectivity index (χ2n) is 1.23. The van der Waals surface area contributed by atoms with E-state index in [4.69, 9.17) is 0 Å². The Balaban J connectivity index is 4.07. The van der Waals surface area contributed by atoms with Crippen LogP contribution in [0.3, 0.4) is 0 Å².